The molecule has 0 aromatic carbocycles. The van der Waals surface area contributed by atoms with Gasteiger partial charge in [-0.15, -0.1) is 0 Å². The van der Waals surface area contributed by atoms with Gasteiger partial charge in [0.2, 0.25) is 0 Å². The maximum Gasteiger partial charge on any atom is 0.178 e. The van der Waals surface area contributed by atoms with Crippen molar-refractivity contribution in [1.82, 2.24) is 19.6 Å². The van der Waals surface area contributed by atoms with Crippen LogP contribution in [-0.4, -0.2) is 72.2 Å². The number of hydrogen-bond acceptors (Lipinski definition) is 7. The number of imidazole rings is 1. The molecule has 0 amide bonds. The van der Waals surface area contributed by atoms with E-state index in [1.807, 2.05) is 24.6 Å². The fraction of sp³-hybridized carbons (Fsp3) is 0.476. The minimum atomic E-state index is 0.743. The Kier molecular flexibility index (Phi) is 4.81. The average Bonchev–Trinajstić information content (AvgIpc) is 3.10. The van der Waals surface area contributed by atoms with Crippen molar-refractivity contribution in [3.05, 3.63) is 35.8 Å². The zero-order chi connectivity index (χ0) is 19.8. The number of hydrogen-bond donors (Lipinski definition) is 0. The monoisotopic (exact) mass is 394 g/mol. The van der Waals surface area contributed by atoms with Crippen molar-refractivity contribution in [2.24, 2.45) is 0 Å². The molecule has 0 unspecified atom stereocenters. The van der Waals surface area contributed by atoms with Gasteiger partial charge in [-0.1, -0.05) is 0 Å². The number of morpholine rings is 2. The summed E-state index contributed by atoms with van der Waals surface area (Å²) >= 11 is 0. The molecule has 0 bridgehead atoms. The highest BCUT2D eigenvalue weighted by molar-refractivity contribution is 5.75. The molecule has 0 aliphatic carbocycles. The first kappa shape index (κ1) is 18.3. The Morgan fingerprint density at radius 3 is 2.24 bits per heavy atom. The first-order chi connectivity index (χ1) is 14.2. The van der Waals surface area contributed by atoms with Crippen LogP contribution < -0.4 is 9.80 Å². The van der Waals surface area contributed by atoms with Crippen LogP contribution in [0, 0.1) is 13.8 Å². The van der Waals surface area contributed by atoms with Crippen molar-refractivity contribution in [1.29, 1.82) is 0 Å². The van der Waals surface area contributed by atoms with E-state index < -0.39 is 0 Å². The molecular formula is C21H26N6O2. The Balaban J connectivity index is 1.54. The Morgan fingerprint density at radius 2 is 1.59 bits per heavy atom. The van der Waals surface area contributed by atoms with Crippen LogP contribution in [0.15, 0.2) is 24.4 Å². The lowest BCUT2D eigenvalue weighted by atomic mass is 10.2. The molecule has 3 aromatic rings. The first-order valence-corrected chi connectivity index (χ1v) is 10.2. The predicted molar refractivity (Wildman–Crippen MR) is 112 cm³/mol. The summed E-state index contributed by atoms with van der Waals surface area (Å²) in [5.74, 6) is 0.988. The Hall–Kier alpha value is -2.71. The van der Waals surface area contributed by atoms with E-state index in [-0.39, 0.29) is 0 Å². The molecule has 0 spiro atoms. The summed E-state index contributed by atoms with van der Waals surface area (Å²) in [5.41, 5.74) is 5.96. The average molecular weight is 394 g/mol. The lowest BCUT2D eigenvalue weighted by molar-refractivity contribution is 0.122. The summed E-state index contributed by atoms with van der Waals surface area (Å²) in [5, 5.41) is 4.78. The predicted octanol–water partition coefficient (Wildman–Crippen LogP) is 2.08. The van der Waals surface area contributed by atoms with Crippen molar-refractivity contribution in [3.63, 3.8) is 0 Å². The summed E-state index contributed by atoms with van der Waals surface area (Å²) in [6, 6.07) is 6.32. The standard InChI is InChI=1S/C21H26N6O2/c1-15-13-18(25-5-9-28-10-6-25)21-23-16(2)20(27(21)24-15)17-3-4-19(22-14-17)26-7-11-29-12-8-26/h3-4,13-14H,5-12H2,1-2H3. The molecule has 0 saturated carbocycles. The maximum atomic E-state index is 5.52. The van der Waals surface area contributed by atoms with Crippen LogP contribution in [-0.2, 0) is 9.47 Å². The molecule has 3 aromatic heterocycles. The maximum absolute atomic E-state index is 5.52. The van der Waals surface area contributed by atoms with Crippen LogP contribution in [0.25, 0.3) is 16.9 Å². The minimum absolute atomic E-state index is 0.743. The first-order valence-electron chi connectivity index (χ1n) is 10.2. The molecule has 5 rings (SSSR count). The summed E-state index contributed by atoms with van der Waals surface area (Å²) in [7, 11) is 0. The largest absolute Gasteiger partial charge is 0.378 e. The lowest BCUT2D eigenvalue weighted by Crippen LogP contribution is -2.36. The second kappa shape index (κ2) is 7.61. The molecular weight excluding hydrogens is 368 g/mol. The van der Waals surface area contributed by atoms with E-state index in [1.54, 1.807) is 0 Å². The zero-order valence-corrected chi connectivity index (χ0v) is 17.0. The summed E-state index contributed by atoms with van der Waals surface area (Å²) in [6.07, 6.45) is 1.93. The third-order valence-electron chi connectivity index (χ3n) is 5.57. The molecule has 2 aliphatic rings. The van der Waals surface area contributed by atoms with Crippen LogP contribution >= 0.6 is 0 Å². The number of anilines is 2. The second-order valence-corrected chi connectivity index (χ2v) is 7.56. The molecule has 0 radical (unpaired) electrons. The molecule has 2 aliphatic heterocycles. The molecule has 0 atom stereocenters. The van der Waals surface area contributed by atoms with Crippen LogP contribution in [0.5, 0.6) is 0 Å². The minimum Gasteiger partial charge on any atom is -0.378 e. The summed E-state index contributed by atoms with van der Waals surface area (Å²) in [6.45, 7) is 10.6. The van der Waals surface area contributed by atoms with Gasteiger partial charge in [-0.05, 0) is 32.0 Å². The van der Waals surface area contributed by atoms with Gasteiger partial charge in [0.1, 0.15) is 5.82 Å². The van der Waals surface area contributed by atoms with E-state index >= 15 is 0 Å². The summed E-state index contributed by atoms with van der Waals surface area (Å²) < 4.78 is 12.9. The highest BCUT2D eigenvalue weighted by Crippen LogP contribution is 2.30. The van der Waals surface area contributed by atoms with Gasteiger partial charge in [-0.2, -0.15) is 5.10 Å². The second-order valence-electron chi connectivity index (χ2n) is 7.56. The Labute approximate surface area is 170 Å². The topological polar surface area (TPSA) is 68.0 Å². The highest BCUT2D eigenvalue weighted by atomic mass is 16.5. The van der Waals surface area contributed by atoms with Crippen LogP contribution in [0.4, 0.5) is 11.5 Å². The van der Waals surface area contributed by atoms with Crippen molar-refractivity contribution in [3.8, 4) is 11.3 Å². The van der Waals surface area contributed by atoms with E-state index in [9.17, 15) is 0 Å². The molecule has 29 heavy (non-hydrogen) atoms. The SMILES string of the molecule is Cc1cc(N2CCOCC2)c2nc(C)c(-c3ccc(N4CCOCC4)nc3)n2n1. The smallest absolute Gasteiger partial charge is 0.178 e. The number of aromatic nitrogens is 4. The molecule has 0 N–H and O–H groups in total. The van der Waals surface area contributed by atoms with Crippen LogP contribution in [0.1, 0.15) is 11.4 Å². The van der Waals surface area contributed by atoms with Crippen molar-refractivity contribution in [2.45, 2.75) is 13.8 Å². The van der Waals surface area contributed by atoms with Gasteiger partial charge in [-0.25, -0.2) is 14.5 Å². The van der Waals surface area contributed by atoms with E-state index in [0.29, 0.717) is 0 Å². The van der Waals surface area contributed by atoms with Gasteiger partial charge >= 0.3 is 0 Å². The van der Waals surface area contributed by atoms with Crippen molar-refractivity contribution < 1.29 is 9.47 Å². The quantitative estimate of drug-likeness (QED) is 0.674. The van der Waals surface area contributed by atoms with Gasteiger partial charge in [0, 0.05) is 37.9 Å². The van der Waals surface area contributed by atoms with E-state index in [4.69, 9.17) is 24.5 Å². The number of rotatable bonds is 3. The van der Waals surface area contributed by atoms with E-state index in [2.05, 4.69) is 28.0 Å². The molecule has 8 heteroatoms. The number of pyridine rings is 1. The third-order valence-corrected chi connectivity index (χ3v) is 5.57. The molecule has 152 valence electrons. The molecule has 8 nitrogen and oxygen atoms in total. The van der Waals surface area contributed by atoms with Gasteiger partial charge in [0.25, 0.3) is 0 Å². The number of ether oxygens (including phenoxy) is 2. The number of aryl methyl sites for hydroxylation is 2. The van der Waals surface area contributed by atoms with E-state index in [0.717, 1.165) is 92.4 Å². The van der Waals surface area contributed by atoms with E-state index in [1.165, 1.54) is 0 Å². The normalized spacial score (nSPS) is 17.9. The highest BCUT2D eigenvalue weighted by Gasteiger charge is 2.21. The fourth-order valence-electron chi connectivity index (χ4n) is 4.10. The Morgan fingerprint density at radius 1 is 0.897 bits per heavy atom. The molecule has 2 fully saturated rings. The molecule has 2 saturated heterocycles. The zero-order valence-electron chi connectivity index (χ0n) is 17.0. The van der Waals surface area contributed by atoms with Gasteiger partial charge in [0.15, 0.2) is 5.65 Å². The van der Waals surface area contributed by atoms with Crippen LogP contribution in [0.2, 0.25) is 0 Å². The van der Waals surface area contributed by atoms with Crippen LogP contribution in [0.3, 0.4) is 0 Å². The third kappa shape index (κ3) is 3.42. The van der Waals surface area contributed by atoms with Crippen molar-refractivity contribution in [2.75, 3.05) is 62.4 Å². The van der Waals surface area contributed by atoms with Gasteiger partial charge in [0.05, 0.1) is 49.2 Å². The lowest BCUT2D eigenvalue weighted by Gasteiger charge is -2.29. The molecule has 5 heterocycles. The summed E-state index contributed by atoms with van der Waals surface area (Å²) in [4.78, 5) is 14.2. The fourth-order valence-corrected chi connectivity index (χ4v) is 4.10. The van der Waals surface area contributed by atoms with Crippen molar-refractivity contribution >= 4 is 17.2 Å². The van der Waals surface area contributed by atoms with Gasteiger partial charge in [-0.3, -0.25) is 0 Å². The Bertz CT molecular complexity index is 1000. The number of fused-ring (bicyclic) bond motifs is 1. The van der Waals surface area contributed by atoms with Gasteiger partial charge < -0.3 is 19.3 Å². The number of nitrogens with zero attached hydrogens (tertiary/aromatic N) is 6.